The van der Waals surface area contributed by atoms with Crippen molar-refractivity contribution in [2.75, 3.05) is 26.2 Å². The Morgan fingerprint density at radius 3 is 2.89 bits per heavy atom. The number of fused-ring (bicyclic) bond motifs is 1. The Hall–Kier alpha value is -0.920. The van der Waals surface area contributed by atoms with Crippen LogP contribution in [0, 0.1) is 0 Å². The zero-order chi connectivity index (χ0) is 12.6. The quantitative estimate of drug-likeness (QED) is 0.837. The summed E-state index contributed by atoms with van der Waals surface area (Å²) in [5.41, 5.74) is 0. The summed E-state index contributed by atoms with van der Waals surface area (Å²) in [6.45, 7) is 3.35. The summed E-state index contributed by atoms with van der Waals surface area (Å²) >= 11 is 0. The van der Waals surface area contributed by atoms with Gasteiger partial charge in [0.15, 0.2) is 5.03 Å². The summed E-state index contributed by atoms with van der Waals surface area (Å²) < 4.78 is 26.5. The summed E-state index contributed by atoms with van der Waals surface area (Å²) in [5, 5.41) is 6.50. The minimum Gasteiger partial charge on any atom is -0.299 e. The number of H-pyrrole nitrogens is 1. The molecule has 18 heavy (non-hydrogen) atoms. The summed E-state index contributed by atoms with van der Waals surface area (Å²) in [5.74, 6) is 0. The normalized spacial score (nSPS) is 27.0. The predicted molar refractivity (Wildman–Crippen MR) is 66.6 cm³/mol. The highest BCUT2D eigenvalue weighted by molar-refractivity contribution is 7.89. The summed E-state index contributed by atoms with van der Waals surface area (Å²) in [6, 6.07) is 1.91. The standard InChI is InChI=1S/C11H18N4O2S/c16-18(17,11-4-5-12-13-11)15-8-2-7-14-6-1-3-10(14)9-15/h4-5,10H,1-3,6-9H2,(H,12,13). The van der Waals surface area contributed by atoms with Gasteiger partial charge in [0.25, 0.3) is 10.0 Å². The Balaban J connectivity index is 1.83. The van der Waals surface area contributed by atoms with E-state index in [1.807, 2.05) is 0 Å². The molecule has 2 aliphatic rings. The molecule has 2 saturated heterocycles. The largest absolute Gasteiger partial charge is 0.299 e. The van der Waals surface area contributed by atoms with Gasteiger partial charge in [-0.25, -0.2) is 8.42 Å². The molecule has 1 aromatic rings. The van der Waals surface area contributed by atoms with Crippen LogP contribution in [0.4, 0.5) is 0 Å². The summed E-state index contributed by atoms with van der Waals surface area (Å²) in [6.07, 6.45) is 4.67. The predicted octanol–water partition coefficient (Wildman–Crippen LogP) is 0.269. The Morgan fingerprint density at radius 2 is 2.11 bits per heavy atom. The first-order valence-electron chi connectivity index (χ1n) is 6.41. The van der Waals surface area contributed by atoms with Gasteiger partial charge in [-0.15, -0.1) is 0 Å². The number of aromatic amines is 1. The zero-order valence-electron chi connectivity index (χ0n) is 10.2. The van der Waals surface area contributed by atoms with E-state index in [0.717, 1.165) is 25.9 Å². The SMILES string of the molecule is O=S(=O)(c1ccn[nH]1)N1CCCN2CCCC2C1. The van der Waals surface area contributed by atoms with E-state index in [4.69, 9.17) is 0 Å². The van der Waals surface area contributed by atoms with Gasteiger partial charge < -0.3 is 0 Å². The average molecular weight is 270 g/mol. The lowest BCUT2D eigenvalue weighted by Crippen LogP contribution is -2.39. The minimum absolute atomic E-state index is 0.203. The maximum atomic E-state index is 12.4. The van der Waals surface area contributed by atoms with Gasteiger partial charge in [0, 0.05) is 19.1 Å². The third-order valence-electron chi connectivity index (χ3n) is 3.86. The third kappa shape index (κ3) is 2.06. The summed E-state index contributed by atoms with van der Waals surface area (Å²) in [4.78, 5) is 2.42. The molecule has 1 unspecified atom stereocenters. The second kappa shape index (κ2) is 4.64. The number of aromatic nitrogens is 2. The van der Waals surface area contributed by atoms with Gasteiger partial charge in [-0.1, -0.05) is 0 Å². The van der Waals surface area contributed by atoms with E-state index in [2.05, 4.69) is 15.1 Å². The van der Waals surface area contributed by atoms with Gasteiger partial charge in [0.2, 0.25) is 0 Å². The van der Waals surface area contributed by atoms with Gasteiger partial charge in [-0.05, 0) is 38.4 Å². The molecule has 1 aromatic heterocycles. The molecule has 7 heteroatoms. The lowest BCUT2D eigenvalue weighted by atomic mass is 10.2. The smallest absolute Gasteiger partial charge is 0.260 e. The molecule has 0 spiro atoms. The van der Waals surface area contributed by atoms with Gasteiger partial charge in [-0.3, -0.25) is 10.00 Å². The van der Waals surface area contributed by atoms with E-state index in [9.17, 15) is 8.42 Å². The lowest BCUT2D eigenvalue weighted by Gasteiger charge is -2.24. The summed E-state index contributed by atoms with van der Waals surface area (Å²) in [7, 11) is -3.39. The van der Waals surface area contributed by atoms with Crippen molar-refractivity contribution in [2.45, 2.75) is 30.3 Å². The van der Waals surface area contributed by atoms with E-state index in [0.29, 0.717) is 19.1 Å². The monoisotopic (exact) mass is 270 g/mol. The number of sulfonamides is 1. The number of nitrogens with one attached hydrogen (secondary N) is 1. The van der Waals surface area contributed by atoms with Gasteiger partial charge in [0.05, 0.1) is 6.20 Å². The highest BCUT2D eigenvalue weighted by Gasteiger charge is 2.34. The molecular formula is C11H18N4O2S. The van der Waals surface area contributed by atoms with Gasteiger partial charge in [0.1, 0.15) is 0 Å². The Kier molecular flexibility index (Phi) is 3.13. The maximum Gasteiger partial charge on any atom is 0.260 e. The highest BCUT2D eigenvalue weighted by Crippen LogP contribution is 2.24. The van der Waals surface area contributed by atoms with Crippen LogP contribution in [-0.4, -0.2) is 60.0 Å². The van der Waals surface area contributed by atoms with E-state index in [1.165, 1.54) is 18.7 Å². The fraction of sp³-hybridized carbons (Fsp3) is 0.727. The van der Waals surface area contributed by atoms with Gasteiger partial charge >= 0.3 is 0 Å². The second-order valence-electron chi connectivity index (χ2n) is 4.97. The molecule has 3 heterocycles. The van der Waals surface area contributed by atoms with Crippen molar-refractivity contribution in [1.82, 2.24) is 19.4 Å². The van der Waals surface area contributed by atoms with Crippen LogP contribution >= 0.6 is 0 Å². The first kappa shape index (κ1) is 12.1. The van der Waals surface area contributed by atoms with Crippen molar-refractivity contribution in [3.05, 3.63) is 12.3 Å². The molecule has 0 aromatic carbocycles. The molecule has 0 radical (unpaired) electrons. The van der Waals surface area contributed by atoms with E-state index >= 15 is 0 Å². The molecule has 0 aliphatic carbocycles. The van der Waals surface area contributed by atoms with Crippen LogP contribution in [0.2, 0.25) is 0 Å². The number of rotatable bonds is 2. The molecule has 0 amide bonds. The Morgan fingerprint density at radius 1 is 1.28 bits per heavy atom. The van der Waals surface area contributed by atoms with Crippen LogP contribution in [0.5, 0.6) is 0 Å². The van der Waals surface area contributed by atoms with Crippen LogP contribution in [0.15, 0.2) is 17.3 Å². The molecule has 0 saturated carbocycles. The molecule has 3 rings (SSSR count). The first-order valence-corrected chi connectivity index (χ1v) is 7.85. The number of nitrogens with zero attached hydrogens (tertiary/aromatic N) is 3. The lowest BCUT2D eigenvalue weighted by molar-refractivity contribution is 0.257. The average Bonchev–Trinajstić information content (AvgIpc) is 2.97. The fourth-order valence-electron chi connectivity index (χ4n) is 2.92. The highest BCUT2D eigenvalue weighted by atomic mass is 32.2. The molecule has 1 atom stereocenters. The maximum absolute atomic E-state index is 12.4. The molecule has 2 fully saturated rings. The van der Waals surface area contributed by atoms with E-state index < -0.39 is 10.0 Å². The Labute approximate surface area is 107 Å². The third-order valence-corrected chi connectivity index (χ3v) is 5.65. The van der Waals surface area contributed by atoms with Crippen LogP contribution in [0.1, 0.15) is 19.3 Å². The Bertz CT molecular complexity index is 499. The van der Waals surface area contributed by atoms with Crippen LogP contribution in [-0.2, 0) is 10.0 Å². The van der Waals surface area contributed by atoms with Crippen molar-refractivity contribution < 1.29 is 8.42 Å². The molecule has 2 aliphatic heterocycles. The zero-order valence-corrected chi connectivity index (χ0v) is 11.1. The fourth-order valence-corrected chi connectivity index (χ4v) is 4.33. The minimum atomic E-state index is -3.39. The van der Waals surface area contributed by atoms with Crippen molar-refractivity contribution >= 4 is 10.0 Å². The van der Waals surface area contributed by atoms with Gasteiger partial charge in [-0.2, -0.15) is 9.40 Å². The molecule has 1 N–H and O–H groups in total. The second-order valence-corrected chi connectivity index (χ2v) is 6.88. The van der Waals surface area contributed by atoms with Crippen molar-refractivity contribution in [3.8, 4) is 0 Å². The molecular weight excluding hydrogens is 252 g/mol. The van der Waals surface area contributed by atoms with Crippen molar-refractivity contribution in [2.24, 2.45) is 0 Å². The van der Waals surface area contributed by atoms with Crippen molar-refractivity contribution in [3.63, 3.8) is 0 Å². The van der Waals surface area contributed by atoms with Crippen LogP contribution in [0.25, 0.3) is 0 Å². The van der Waals surface area contributed by atoms with Crippen LogP contribution in [0.3, 0.4) is 0 Å². The molecule has 6 nitrogen and oxygen atoms in total. The number of hydrogen-bond acceptors (Lipinski definition) is 4. The van der Waals surface area contributed by atoms with E-state index in [-0.39, 0.29) is 5.03 Å². The van der Waals surface area contributed by atoms with E-state index in [1.54, 1.807) is 4.31 Å². The molecule has 100 valence electrons. The van der Waals surface area contributed by atoms with Crippen molar-refractivity contribution in [1.29, 1.82) is 0 Å². The molecule has 0 bridgehead atoms. The first-order chi connectivity index (χ1) is 8.68. The topological polar surface area (TPSA) is 69.3 Å². The number of hydrogen-bond donors (Lipinski definition) is 1. The van der Waals surface area contributed by atoms with Crippen LogP contribution < -0.4 is 0 Å².